The van der Waals surface area contributed by atoms with Gasteiger partial charge in [0.1, 0.15) is 11.5 Å². The molecule has 1 heterocycles. The number of carbonyl (C=O) groups excluding carboxylic acids is 2. The van der Waals surface area contributed by atoms with Crippen molar-refractivity contribution in [2.45, 2.75) is 51.2 Å². The van der Waals surface area contributed by atoms with Crippen molar-refractivity contribution < 1.29 is 28.5 Å². The Hall–Kier alpha value is -2.08. The Balaban J connectivity index is 2.47. The lowest BCUT2D eigenvalue weighted by Gasteiger charge is -2.21. The number of benzene rings is 1. The lowest BCUT2D eigenvalue weighted by molar-refractivity contribution is -0.147. The molecule has 1 aliphatic rings. The van der Waals surface area contributed by atoms with E-state index >= 15 is 0 Å². The van der Waals surface area contributed by atoms with Crippen LogP contribution in [-0.4, -0.2) is 45.3 Å². The third-order valence-corrected chi connectivity index (χ3v) is 4.44. The van der Waals surface area contributed by atoms with Gasteiger partial charge in [-0.05, 0) is 37.8 Å². The molecule has 0 unspecified atom stereocenters. The second-order valence-corrected chi connectivity index (χ2v) is 6.26. The van der Waals surface area contributed by atoms with Crippen molar-refractivity contribution in [3.05, 3.63) is 23.3 Å². The quantitative estimate of drug-likeness (QED) is 0.781. The third-order valence-electron chi connectivity index (χ3n) is 4.44. The Labute approximate surface area is 148 Å². The van der Waals surface area contributed by atoms with Crippen LogP contribution in [0.4, 0.5) is 0 Å². The number of hydrogen-bond donors (Lipinski definition) is 0. The van der Waals surface area contributed by atoms with Gasteiger partial charge in [0, 0.05) is 19.6 Å². The Morgan fingerprint density at radius 3 is 2.48 bits per heavy atom. The van der Waals surface area contributed by atoms with E-state index < -0.39 is 0 Å². The van der Waals surface area contributed by atoms with Crippen LogP contribution < -0.4 is 9.47 Å². The first-order chi connectivity index (χ1) is 12.0. The second-order valence-electron chi connectivity index (χ2n) is 6.26. The molecule has 1 aliphatic heterocycles. The molecule has 0 radical (unpaired) electrons. The maximum absolute atomic E-state index is 12.9. The monoisotopic (exact) mass is 350 g/mol. The van der Waals surface area contributed by atoms with Gasteiger partial charge in [-0.1, -0.05) is 0 Å². The van der Waals surface area contributed by atoms with E-state index in [-0.39, 0.29) is 36.8 Å². The van der Waals surface area contributed by atoms with E-state index in [1.165, 1.54) is 14.2 Å². The highest BCUT2D eigenvalue weighted by Gasteiger charge is 2.25. The van der Waals surface area contributed by atoms with Crippen LogP contribution in [-0.2, 0) is 20.7 Å². The molecular formula is C19H26O6. The summed E-state index contributed by atoms with van der Waals surface area (Å²) >= 11 is 0. The molecule has 0 fully saturated rings. The van der Waals surface area contributed by atoms with Crippen molar-refractivity contribution in [3.8, 4) is 11.5 Å². The van der Waals surface area contributed by atoms with Gasteiger partial charge in [-0.2, -0.15) is 0 Å². The van der Waals surface area contributed by atoms with Crippen molar-refractivity contribution >= 4 is 11.8 Å². The third kappa shape index (κ3) is 4.95. The number of hydrogen-bond acceptors (Lipinski definition) is 6. The number of fused-ring (bicyclic) bond motifs is 1. The lowest BCUT2D eigenvalue weighted by atomic mass is 9.94. The van der Waals surface area contributed by atoms with Crippen LogP contribution in [0.1, 0.15) is 48.5 Å². The fraction of sp³-hybridized carbons (Fsp3) is 0.579. The number of carbonyl (C=O) groups is 2. The van der Waals surface area contributed by atoms with E-state index in [0.717, 1.165) is 19.3 Å². The molecule has 0 spiro atoms. The average molecular weight is 350 g/mol. The van der Waals surface area contributed by atoms with Crippen molar-refractivity contribution in [1.29, 1.82) is 0 Å². The van der Waals surface area contributed by atoms with Crippen molar-refractivity contribution in [2.24, 2.45) is 0 Å². The smallest absolute Gasteiger partial charge is 0.310 e. The van der Waals surface area contributed by atoms with Crippen LogP contribution >= 0.6 is 0 Å². The number of Topliss-reactive ketones (excluding diaryl/α,β-unsaturated/α-hetero) is 1. The normalized spacial score (nSPS) is 22.2. The van der Waals surface area contributed by atoms with Crippen LogP contribution in [0.15, 0.2) is 12.1 Å². The number of ketones is 1. The minimum atomic E-state index is -0.360. The molecule has 0 N–H and O–H groups in total. The highest BCUT2D eigenvalue weighted by Crippen LogP contribution is 2.31. The molecule has 6 heteroatoms. The molecule has 0 aliphatic carbocycles. The van der Waals surface area contributed by atoms with Crippen LogP contribution in [0.2, 0.25) is 0 Å². The average Bonchev–Trinajstić information content (AvgIpc) is 2.58. The van der Waals surface area contributed by atoms with Gasteiger partial charge in [0.15, 0.2) is 5.78 Å². The molecule has 0 aromatic heterocycles. The summed E-state index contributed by atoms with van der Waals surface area (Å²) in [7, 11) is 4.63. The van der Waals surface area contributed by atoms with Gasteiger partial charge < -0.3 is 18.9 Å². The van der Waals surface area contributed by atoms with E-state index in [9.17, 15) is 9.59 Å². The Bertz CT molecular complexity index is 625. The van der Waals surface area contributed by atoms with E-state index in [4.69, 9.17) is 18.9 Å². The highest BCUT2D eigenvalue weighted by atomic mass is 16.5. The van der Waals surface area contributed by atoms with Crippen molar-refractivity contribution in [1.82, 2.24) is 0 Å². The maximum atomic E-state index is 12.9. The molecule has 6 nitrogen and oxygen atoms in total. The van der Waals surface area contributed by atoms with E-state index in [2.05, 4.69) is 0 Å². The van der Waals surface area contributed by atoms with Crippen molar-refractivity contribution in [2.75, 3.05) is 21.3 Å². The van der Waals surface area contributed by atoms with E-state index in [1.54, 1.807) is 19.2 Å². The molecule has 2 atom stereocenters. The number of ether oxygens (including phenoxy) is 4. The predicted octanol–water partition coefficient (Wildman–Crippen LogP) is 2.95. The fourth-order valence-electron chi connectivity index (χ4n) is 3.11. The molecule has 2 rings (SSSR count). The fourth-order valence-corrected chi connectivity index (χ4v) is 3.11. The van der Waals surface area contributed by atoms with E-state index in [0.29, 0.717) is 22.6 Å². The number of cyclic esters (lactones) is 1. The SMILES string of the molecule is COc1cc2c(c(OC)c1)C(=O)C[C@@H](OC)CCC[C@H](C)OC(=O)C2. The largest absolute Gasteiger partial charge is 0.497 e. The molecule has 0 saturated carbocycles. The topological polar surface area (TPSA) is 71.1 Å². The number of rotatable bonds is 3. The summed E-state index contributed by atoms with van der Waals surface area (Å²) in [5.41, 5.74) is 0.948. The van der Waals surface area contributed by atoms with Crippen LogP contribution in [0.5, 0.6) is 11.5 Å². The molecule has 1 aromatic rings. The van der Waals surface area contributed by atoms with Crippen LogP contribution in [0.3, 0.4) is 0 Å². The second kappa shape index (κ2) is 8.85. The van der Waals surface area contributed by atoms with Crippen LogP contribution in [0, 0.1) is 0 Å². The summed E-state index contributed by atoms with van der Waals surface area (Å²) in [5.74, 6) is 0.454. The molecule has 0 amide bonds. The number of esters is 1. The van der Waals surface area contributed by atoms with Gasteiger partial charge in [0.25, 0.3) is 0 Å². The lowest BCUT2D eigenvalue weighted by Crippen LogP contribution is -2.23. The van der Waals surface area contributed by atoms with Gasteiger partial charge in [0.05, 0.1) is 38.4 Å². The molecule has 0 bridgehead atoms. The zero-order chi connectivity index (χ0) is 18.4. The first-order valence-electron chi connectivity index (χ1n) is 8.48. The molecular weight excluding hydrogens is 324 g/mol. The molecule has 1 aromatic carbocycles. The maximum Gasteiger partial charge on any atom is 0.310 e. The van der Waals surface area contributed by atoms with Gasteiger partial charge in [0.2, 0.25) is 0 Å². The molecule has 138 valence electrons. The Morgan fingerprint density at radius 2 is 1.84 bits per heavy atom. The Morgan fingerprint density at radius 1 is 1.08 bits per heavy atom. The standard InChI is InChI=1S/C19H26O6/c1-12-6-5-7-14(22-2)10-16(20)19-13(9-18(21)25-12)8-15(23-3)11-17(19)24-4/h8,11-12,14H,5-7,9-10H2,1-4H3/t12-,14-/m0/s1. The van der Waals surface area contributed by atoms with Crippen molar-refractivity contribution in [3.63, 3.8) is 0 Å². The van der Waals surface area contributed by atoms with Gasteiger partial charge >= 0.3 is 5.97 Å². The van der Waals surface area contributed by atoms with Gasteiger partial charge in [-0.15, -0.1) is 0 Å². The summed E-state index contributed by atoms with van der Waals surface area (Å²) in [5, 5.41) is 0. The summed E-state index contributed by atoms with van der Waals surface area (Å²) in [4.78, 5) is 25.1. The Kier molecular flexibility index (Phi) is 6.82. The summed E-state index contributed by atoms with van der Waals surface area (Å²) in [6, 6.07) is 3.34. The summed E-state index contributed by atoms with van der Waals surface area (Å²) in [6.45, 7) is 1.88. The van der Waals surface area contributed by atoms with Crippen LogP contribution in [0.25, 0.3) is 0 Å². The van der Waals surface area contributed by atoms with E-state index in [1.807, 2.05) is 6.92 Å². The molecule has 0 saturated heterocycles. The highest BCUT2D eigenvalue weighted by molar-refractivity contribution is 6.01. The minimum absolute atomic E-state index is 0.00335. The van der Waals surface area contributed by atoms with Gasteiger partial charge in [-0.25, -0.2) is 0 Å². The zero-order valence-corrected chi connectivity index (χ0v) is 15.3. The summed E-state index contributed by atoms with van der Waals surface area (Å²) < 4.78 is 21.6. The molecule has 25 heavy (non-hydrogen) atoms. The summed E-state index contributed by atoms with van der Waals surface area (Å²) in [6.07, 6.45) is 2.20. The zero-order valence-electron chi connectivity index (χ0n) is 15.3. The van der Waals surface area contributed by atoms with Gasteiger partial charge in [-0.3, -0.25) is 9.59 Å². The number of methoxy groups -OCH3 is 3. The first-order valence-corrected chi connectivity index (χ1v) is 8.48. The minimum Gasteiger partial charge on any atom is -0.497 e. The predicted molar refractivity (Wildman–Crippen MR) is 92.4 cm³/mol. The first kappa shape index (κ1) is 19.2.